The summed E-state index contributed by atoms with van der Waals surface area (Å²) in [6.07, 6.45) is 2.54. The van der Waals surface area contributed by atoms with E-state index in [1.165, 1.54) is 0 Å². The number of halogens is 3. The lowest BCUT2D eigenvalue weighted by Gasteiger charge is -2.09. The van der Waals surface area contributed by atoms with E-state index in [9.17, 15) is 14.3 Å². The number of rotatable bonds is 8. The zero-order valence-electron chi connectivity index (χ0n) is 22.2. The highest BCUT2D eigenvalue weighted by Gasteiger charge is 2.14. The third kappa shape index (κ3) is 6.98. The summed E-state index contributed by atoms with van der Waals surface area (Å²) in [4.78, 5) is 16.1. The maximum Gasteiger partial charge on any atom is 0.335 e. The largest absolute Gasteiger partial charge is 0.478 e. The van der Waals surface area contributed by atoms with Gasteiger partial charge in [-0.15, -0.1) is 0 Å². The second kappa shape index (κ2) is 13.4. The van der Waals surface area contributed by atoms with Crippen molar-refractivity contribution in [2.45, 2.75) is 33.5 Å². The molecule has 204 valence electrons. The van der Waals surface area contributed by atoms with Gasteiger partial charge in [-0.1, -0.05) is 97.7 Å². The number of benzene rings is 4. The Balaban J connectivity index is 0.00000181. The summed E-state index contributed by atoms with van der Waals surface area (Å²) in [6, 6.07) is 27.8. The third-order valence-corrected chi connectivity index (χ3v) is 6.93. The standard InChI is InChI=1S/C31H23Cl2FN2O2.C2H6/c32-26-13-14-27(28(33)16-26)29-19-36(18-22-5-11-25(12-6-22)31(37)38)30(35-29)15-20-1-7-23(8-2-20)24-9-3-21(17-34)4-10-24;1-2/h1-14,16,19H,15,17-18H2,(H,37,38);1-2H3. The maximum atomic E-state index is 12.8. The van der Waals surface area contributed by atoms with Crippen LogP contribution < -0.4 is 0 Å². The van der Waals surface area contributed by atoms with Gasteiger partial charge in [0, 0.05) is 29.7 Å². The number of nitrogens with zero attached hydrogens (tertiary/aromatic N) is 2. The van der Waals surface area contributed by atoms with Gasteiger partial charge < -0.3 is 9.67 Å². The molecule has 40 heavy (non-hydrogen) atoms. The van der Waals surface area contributed by atoms with Gasteiger partial charge in [0.1, 0.15) is 12.5 Å². The zero-order valence-corrected chi connectivity index (χ0v) is 23.8. The average molecular weight is 576 g/mol. The van der Waals surface area contributed by atoms with E-state index in [0.29, 0.717) is 28.6 Å². The van der Waals surface area contributed by atoms with Gasteiger partial charge >= 0.3 is 5.97 Å². The van der Waals surface area contributed by atoms with Crippen molar-refractivity contribution in [3.63, 3.8) is 0 Å². The number of alkyl halides is 1. The Hall–Kier alpha value is -3.93. The van der Waals surface area contributed by atoms with Crippen molar-refractivity contribution in [2.75, 3.05) is 0 Å². The van der Waals surface area contributed by atoms with Crippen LogP contribution in [-0.2, 0) is 19.6 Å². The van der Waals surface area contributed by atoms with Gasteiger partial charge in [-0.05, 0) is 58.1 Å². The van der Waals surface area contributed by atoms with Crippen LogP contribution in [0.4, 0.5) is 4.39 Å². The summed E-state index contributed by atoms with van der Waals surface area (Å²) in [6.45, 7) is 4.05. The minimum atomic E-state index is -0.957. The molecule has 0 unspecified atom stereocenters. The molecule has 5 rings (SSSR count). The Labute approximate surface area is 243 Å². The topological polar surface area (TPSA) is 55.1 Å². The number of imidazole rings is 1. The van der Waals surface area contributed by atoms with E-state index < -0.39 is 12.6 Å². The minimum absolute atomic E-state index is 0.243. The van der Waals surface area contributed by atoms with Gasteiger partial charge in [0.15, 0.2) is 0 Å². The van der Waals surface area contributed by atoms with Gasteiger partial charge in [-0.25, -0.2) is 14.2 Å². The molecule has 1 N–H and O–H groups in total. The van der Waals surface area contributed by atoms with Gasteiger partial charge in [-0.3, -0.25) is 0 Å². The first-order valence-corrected chi connectivity index (χ1v) is 13.7. The van der Waals surface area contributed by atoms with Crippen LogP contribution in [0.25, 0.3) is 22.4 Å². The van der Waals surface area contributed by atoms with Crippen LogP contribution >= 0.6 is 23.2 Å². The van der Waals surface area contributed by atoms with Gasteiger partial charge in [-0.2, -0.15) is 0 Å². The fourth-order valence-electron chi connectivity index (χ4n) is 4.29. The van der Waals surface area contributed by atoms with Crippen LogP contribution in [0.15, 0.2) is 97.2 Å². The van der Waals surface area contributed by atoms with Crippen molar-refractivity contribution in [1.82, 2.24) is 9.55 Å². The van der Waals surface area contributed by atoms with Crippen molar-refractivity contribution in [2.24, 2.45) is 0 Å². The highest BCUT2D eigenvalue weighted by Crippen LogP contribution is 2.31. The molecule has 0 radical (unpaired) electrons. The van der Waals surface area contributed by atoms with Crippen molar-refractivity contribution in [1.29, 1.82) is 0 Å². The van der Waals surface area contributed by atoms with E-state index in [1.54, 1.807) is 36.4 Å². The van der Waals surface area contributed by atoms with E-state index in [2.05, 4.69) is 28.8 Å². The first-order valence-electron chi connectivity index (χ1n) is 13.0. The van der Waals surface area contributed by atoms with Crippen LogP contribution in [0, 0.1) is 0 Å². The summed E-state index contributed by atoms with van der Waals surface area (Å²) in [5.74, 6) is -0.116. The van der Waals surface area contributed by atoms with E-state index in [0.717, 1.165) is 39.3 Å². The molecular weight excluding hydrogens is 546 g/mol. The monoisotopic (exact) mass is 574 g/mol. The number of hydrogen-bond acceptors (Lipinski definition) is 2. The number of aromatic carboxylic acids is 1. The molecule has 1 heterocycles. The van der Waals surface area contributed by atoms with Crippen molar-refractivity contribution < 1.29 is 14.3 Å². The maximum absolute atomic E-state index is 12.8. The van der Waals surface area contributed by atoms with Gasteiger partial charge in [0.2, 0.25) is 0 Å². The minimum Gasteiger partial charge on any atom is -0.478 e. The van der Waals surface area contributed by atoms with E-state index in [4.69, 9.17) is 28.2 Å². The first-order chi connectivity index (χ1) is 19.4. The molecule has 0 spiro atoms. The molecule has 5 aromatic rings. The molecule has 0 fully saturated rings. The van der Waals surface area contributed by atoms with E-state index >= 15 is 0 Å². The molecule has 4 aromatic carbocycles. The predicted molar refractivity (Wildman–Crippen MR) is 161 cm³/mol. The lowest BCUT2D eigenvalue weighted by atomic mass is 10.0. The Morgan fingerprint density at radius 3 is 1.95 bits per heavy atom. The molecule has 0 amide bonds. The van der Waals surface area contributed by atoms with E-state index in [1.807, 2.05) is 50.4 Å². The Bertz CT molecular complexity index is 1580. The van der Waals surface area contributed by atoms with Gasteiger partial charge in [0.05, 0.1) is 16.3 Å². The quantitative estimate of drug-likeness (QED) is 0.201. The van der Waals surface area contributed by atoms with Crippen LogP contribution in [0.5, 0.6) is 0 Å². The van der Waals surface area contributed by atoms with Crippen molar-refractivity contribution in [3.05, 3.63) is 135 Å². The number of aromatic nitrogens is 2. The molecule has 0 aliphatic heterocycles. The molecule has 7 heteroatoms. The summed E-state index contributed by atoms with van der Waals surface area (Å²) < 4.78 is 14.9. The lowest BCUT2D eigenvalue weighted by molar-refractivity contribution is 0.0697. The zero-order chi connectivity index (χ0) is 28.6. The van der Waals surface area contributed by atoms with Gasteiger partial charge in [0.25, 0.3) is 0 Å². The summed E-state index contributed by atoms with van der Waals surface area (Å²) in [5.41, 5.74) is 6.52. The first kappa shape index (κ1) is 29.1. The number of carbonyl (C=O) groups is 1. The lowest BCUT2D eigenvalue weighted by Crippen LogP contribution is -2.05. The average Bonchev–Trinajstić information content (AvgIpc) is 3.36. The Morgan fingerprint density at radius 1 is 0.825 bits per heavy atom. The van der Waals surface area contributed by atoms with Crippen molar-refractivity contribution in [3.8, 4) is 22.4 Å². The molecule has 0 aliphatic rings. The molecule has 0 saturated heterocycles. The molecular formula is C33H29Cl2FN2O2. The van der Waals surface area contributed by atoms with Crippen molar-refractivity contribution >= 4 is 29.2 Å². The molecule has 1 aromatic heterocycles. The normalized spacial score (nSPS) is 10.6. The Morgan fingerprint density at radius 2 is 1.40 bits per heavy atom. The predicted octanol–water partition coefficient (Wildman–Crippen LogP) is 9.36. The van der Waals surface area contributed by atoms with E-state index in [-0.39, 0.29) is 5.56 Å². The second-order valence-electron chi connectivity index (χ2n) is 9.00. The summed E-state index contributed by atoms with van der Waals surface area (Å²) in [7, 11) is 0. The SMILES string of the molecule is CC.O=C(O)c1ccc(Cn2cc(-c3ccc(Cl)cc3Cl)nc2Cc2ccc(-c3ccc(CF)cc3)cc2)cc1. The molecule has 0 bridgehead atoms. The van der Waals surface area contributed by atoms with Crippen LogP contribution in [0.2, 0.25) is 10.0 Å². The summed E-state index contributed by atoms with van der Waals surface area (Å²) in [5, 5.41) is 10.3. The second-order valence-corrected chi connectivity index (χ2v) is 9.84. The molecule has 4 nitrogen and oxygen atoms in total. The number of carboxylic acid groups (broad SMARTS) is 1. The number of hydrogen-bond donors (Lipinski definition) is 1. The molecule has 0 aliphatic carbocycles. The Kier molecular flexibility index (Phi) is 9.75. The van der Waals surface area contributed by atoms with Crippen LogP contribution in [0.3, 0.4) is 0 Å². The van der Waals surface area contributed by atoms with Crippen LogP contribution in [-0.4, -0.2) is 20.6 Å². The molecule has 0 atom stereocenters. The smallest absolute Gasteiger partial charge is 0.335 e. The fraction of sp³-hybridized carbons (Fsp3) is 0.152. The fourth-order valence-corrected chi connectivity index (χ4v) is 4.80. The highest BCUT2D eigenvalue weighted by atomic mass is 35.5. The highest BCUT2D eigenvalue weighted by molar-refractivity contribution is 6.36. The molecule has 0 saturated carbocycles. The third-order valence-electron chi connectivity index (χ3n) is 6.38. The summed E-state index contributed by atoms with van der Waals surface area (Å²) >= 11 is 12.6. The van der Waals surface area contributed by atoms with Crippen LogP contribution in [0.1, 0.15) is 46.7 Å². The number of carboxylic acids is 1.